The first-order valence-electron chi connectivity index (χ1n) is 16.7. The number of aromatic nitrogens is 3. The van der Waals surface area contributed by atoms with E-state index in [2.05, 4.69) is 4.98 Å². The van der Waals surface area contributed by atoms with Crippen LogP contribution in [0.2, 0.25) is 5.15 Å². The van der Waals surface area contributed by atoms with E-state index in [0.29, 0.717) is 61.2 Å². The molecule has 2 aliphatic heterocycles. The summed E-state index contributed by atoms with van der Waals surface area (Å²) in [5.74, 6) is 0.658. The third kappa shape index (κ3) is 6.41. The van der Waals surface area contributed by atoms with E-state index < -0.39 is 11.2 Å². The Kier molecular flexibility index (Phi) is 7.96. The molecule has 4 aliphatic rings. The van der Waals surface area contributed by atoms with Gasteiger partial charge in [0.1, 0.15) is 17.1 Å². The summed E-state index contributed by atoms with van der Waals surface area (Å²) in [6, 6.07) is 8.98. The minimum atomic E-state index is -1.11. The highest BCUT2D eigenvalue weighted by Gasteiger charge is 2.48. The summed E-state index contributed by atoms with van der Waals surface area (Å²) < 4.78 is 15.1. The largest absolute Gasteiger partial charge is 0.444 e. The molecule has 4 fully saturated rings. The maximum Gasteiger partial charge on any atom is 0.410 e. The lowest BCUT2D eigenvalue weighted by molar-refractivity contribution is -0.141. The molecule has 7 rings (SSSR count). The second-order valence-corrected chi connectivity index (χ2v) is 15.6. The van der Waals surface area contributed by atoms with Crippen LogP contribution in [0.1, 0.15) is 77.8 Å². The molecule has 252 valence electrons. The van der Waals surface area contributed by atoms with Gasteiger partial charge in [0.05, 0.1) is 42.8 Å². The Bertz CT molecular complexity index is 1740. The van der Waals surface area contributed by atoms with E-state index in [1.165, 1.54) is 10.9 Å². The first-order chi connectivity index (χ1) is 22.2. The smallest absolute Gasteiger partial charge is 0.410 e. The number of hydrogen-bond donors (Lipinski definition) is 1. The molecule has 2 aromatic heterocycles. The van der Waals surface area contributed by atoms with Gasteiger partial charge in [-0.25, -0.2) is 9.78 Å². The van der Waals surface area contributed by atoms with Gasteiger partial charge in [-0.1, -0.05) is 30.7 Å². The highest BCUT2D eigenvalue weighted by molar-refractivity contribution is 6.31. The fourth-order valence-electron chi connectivity index (χ4n) is 6.90. The van der Waals surface area contributed by atoms with Crippen molar-refractivity contribution in [3.63, 3.8) is 0 Å². The Morgan fingerprint density at radius 1 is 1.11 bits per heavy atom. The standard InChI is InChI=1S/C35H44ClN5O6/c1-33(2,3)47-32(44)40-18-27(23-5-6-23)46-19-26(40)22-7-9-24(10-8-22)41-28(36)17-25-29(41)37-21-39(30(25)42)20-35(45)13-15-38(16-14-35)31(43)34(4)11-12-34/h7-10,17,21,23,26-27,45H,5-6,11-16,18-20H2,1-4H3/t26-,27+/m1/s1. The van der Waals surface area contributed by atoms with Crippen LogP contribution in [0, 0.1) is 11.3 Å². The van der Waals surface area contributed by atoms with Crippen molar-refractivity contribution in [1.82, 2.24) is 23.9 Å². The average Bonchev–Trinajstić information content (AvgIpc) is 3.97. The number of carbonyl (C=O) groups is 2. The van der Waals surface area contributed by atoms with Crippen molar-refractivity contribution in [2.24, 2.45) is 11.3 Å². The number of aliphatic hydroxyl groups is 1. The molecule has 11 nitrogen and oxygen atoms in total. The van der Waals surface area contributed by atoms with Crippen LogP contribution in [0.3, 0.4) is 0 Å². The number of benzene rings is 1. The van der Waals surface area contributed by atoms with Crippen LogP contribution in [0.25, 0.3) is 16.7 Å². The quantitative estimate of drug-likeness (QED) is 0.390. The minimum absolute atomic E-state index is 0.0202. The molecule has 3 aromatic rings. The fraction of sp³-hybridized carbons (Fsp3) is 0.600. The van der Waals surface area contributed by atoms with Crippen LogP contribution in [0.15, 0.2) is 41.5 Å². The van der Waals surface area contributed by atoms with Gasteiger partial charge in [0.15, 0.2) is 5.65 Å². The zero-order chi connectivity index (χ0) is 33.3. The summed E-state index contributed by atoms with van der Waals surface area (Å²) in [4.78, 5) is 47.9. The number of fused-ring (bicyclic) bond motifs is 1. The van der Waals surface area contributed by atoms with Gasteiger partial charge in [-0.05, 0) is 89.0 Å². The van der Waals surface area contributed by atoms with Gasteiger partial charge in [-0.15, -0.1) is 0 Å². The summed E-state index contributed by atoms with van der Waals surface area (Å²) in [6.07, 6.45) is 6.00. The Balaban J connectivity index is 1.09. The molecule has 0 bridgehead atoms. The van der Waals surface area contributed by atoms with Crippen molar-refractivity contribution in [2.75, 3.05) is 26.2 Å². The van der Waals surface area contributed by atoms with Crippen LogP contribution in [-0.4, -0.2) is 84.6 Å². The van der Waals surface area contributed by atoms with Crippen molar-refractivity contribution in [2.45, 2.75) is 96.1 Å². The number of morpholine rings is 1. The topological polar surface area (TPSA) is 119 Å². The van der Waals surface area contributed by atoms with Crippen LogP contribution in [0.4, 0.5) is 4.79 Å². The van der Waals surface area contributed by atoms with Gasteiger partial charge in [0.25, 0.3) is 5.56 Å². The van der Waals surface area contributed by atoms with Crippen molar-refractivity contribution in [1.29, 1.82) is 0 Å². The third-order valence-electron chi connectivity index (χ3n) is 10.2. The van der Waals surface area contributed by atoms with Crippen LogP contribution in [-0.2, 0) is 20.8 Å². The van der Waals surface area contributed by atoms with Gasteiger partial charge >= 0.3 is 6.09 Å². The zero-order valence-electron chi connectivity index (χ0n) is 27.6. The molecule has 1 N–H and O–H groups in total. The predicted octanol–water partition coefficient (Wildman–Crippen LogP) is 5.08. The van der Waals surface area contributed by atoms with Gasteiger partial charge in [-0.2, -0.15) is 0 Å². The molecule has 2 amide bonds. The van der Waals surface area contributed by atoms with Crippen molar-refractivity contribution in [3.05, 3.63) is 57.7 Å². The van der Waals surface area contributed by atoms with Gasteiger partial charge in [0.2, 0.25) is 5.91 Å². The highest BCUT2D eigenvalue weighted by Crippen LogP contribution is 2.47. The first kappa shape index (κ1) is 32.2. The van der Waals surface area contributed by atoms with E-state index >= 15 is 0 Å². The lowest BCUT2D eigenvalue weighted by Crippen LogP contribution is -2.51. The van der Waals surface area contributed by atoms with E-state index in [4.69, 9.17) is 21.1 Å². The van der Waals surface area contributed by atoms with Gasteiger partial charge in [-0.3, -0.25) is 23.6 Å². The minimum Gasteiger partial charge on any atom is -0.444 e. The molecule has 0 spiro atoms. The van der Waals surface area contributed by atoms with Crippen molar-refractivity contribution in [3.8, 4) is 5.69 Å². The van der Waals surface area contributed by atoms with Crippen LogP contribution >= 0.6 is 11.6 Å². The summed E-state index contributed by atoms with van der Waals surface area (Å²) in [5, 5.41) is 12.0. The Morgan fingerprint density at radius 2 is 1.79 bits per heavy atom. The average molecular weight is 666 g/mol. The van der Waals surface area contributed by atoms with E-state index in [9.17, 15) is 19.5 Å². The fourth-order valence-corrected chi connectivity index (χ4v) is 7.19. The highest BCUT2D eigenvalue weighted by atomic mass is 35.5. The molecule has 2 aliphatic carbocycles. The summed E-state index contributed by atoms with van der Waals surface area (Å²) >= 11 is 6.70. The molecular weight excluding hydrogens is 622 g/mol. The lowest BCUT2D eigenvalue weighted by atomic mass is 9.90. The molecule has 0 unspecified atom stereocenters. The molecule has 1 aromatic carbocycles. The van der Waals surface area contributed by atoms with E-state index in [1.54, 1.807) is 15.5 Å². The van der Waals surface area contributed by atoms with E-state index in [0.717, 1.165) is 36.9 Å². The monoisotopic (exact) mass is 665 g/mol. The third-order valence-corrected chi connectivity index (χ3v) is 10.5. The first-order valence-corrected chi connectivity index (χ1v) is 17.1. The summed E-state index contributed by atoms with van der Waals surface area (Å²) in [6.45, 7) is 9.50. The number of piperidine rings is 1. The van der Waals surface area contributed by atoms with Crippen molar-refractivity contribution >= 4 is 34.6 Å². The molecule has 4 heterocycles. The zero-order valence-corrected chi connectivity index (χ0v) is 28.3. The molecule has 0 radical (unpaired) electrons. The maximum absolute atomic E-state index is 13.6. The number of halogens is 1. The summed E-state index contributed by atoms with van der Waals surface area (Å²) in [7, 11) is 0. The number of nitrogens with zero attached hydrogens (tertiary/aromatic N) is 5. The molecular formula is C35H44ClN5O6. The molecule has 2 saturated carbocycles. The Labute approximate surface area is 279 Å². The maximum atomic E-state index is 13.6. The van der Waals surface area contributed by atoms with Crippen LogP contribution in [0.5, 0.6) is 0 Å². The lowest BCUT2D eigenvalue weighted by Gasteiger charge is -2.40. The molecule has 2 saturated heterocycles. The number of carbonyl (C=O) groups excluding carboxylic acids is 2. The van der Waals surface area contributed by atoms with E-state index in [-0.39, 0.29) is 41.7 Å². The number of amides is 2. The molecule has 12 heteroatoms. The molecule has 2 atom stereocenters. The Hall–Kier alpha value is -3.41. The van der Waals surface area contributed by atoms with Gasteiger partial charge < -0.3 is 19.5 Å². The predicted molar refractivity (Wildman–Crippen MR) is 177 cm³/mol. The second-order valence-electron chi connectivity index (χ2n) is 15.2. The van der Waals surface area contributed by atoms with Gasteiger partial charge in [0, 0.05) is 24.2 Å². The second kappa shape index (κ2) is 11.6. The number of rotatable bonds is 6. The molecule has 47 heavy (non-hydrogen) atoms. The van der Waals surface area contributed by atoms with Crippen LogP contribution < -0.4 is 5.56 Å². The number of likely N-dealkylation sites (tertiary alicyclic amines) is 1. The SMILES string of the molecule is CC(C)(C)OC(=O)N1C[C@@H](C2CC2)OC[C@@H]1c1ccc(-n2c(Cl)cc3c(=O)n(CC4(O)CCN(C(=O)C5(C)CC5)CC4)cnc32)cc1. The van der Waals surface area contributed by atoms with E-state index in [1.807, 2.05) is 56.9 Å². The normalized spacial score (nSPS) is 24.0. The number of ether oxygens (including phenoxy) is 2. The summed E-state index contributed by atoms with van der Waals surface area (Å²) in [5.41, 5.74) is -0.213. The van der Waals surface area contributed by atoms with Crippen molar-refractivity contribution < 1.29 is 24.2 Å². The Morgan fingerprint density at radius 3 is 2.40 bits per heavy atom. The number of hydrogen-bond acceptors (Lipinski definition) is 7.